The smallest absolute Gasteiger partial charge is 0.191 e. The van der Waals surface area contributed by atoms with Crippen LogP contribution in [0, 0.1) is 6.92 Å². The fraction of sp³-hybridized carbons (Fsp3) is 0.474. The van der Waals surface area contributed by atoms with E-state index in [4.69, 9.17) is 16.3 Å². The zero-order valence-electron chi connectivity index (χ0n) is 16.5. The number of ether oxygens (including phenoxy) is 1. The minimum absolute atomic E-state index is 0. The molecule has 9 heteroatoms. The van der Waals surface area contributed by atoms with Crippen LogP contribution in [0.3, 0.4) is 0 Å². The number of nitrogens with zero attached hydrogens (tertiary/aromatic N) is 4. The predicted octanol–water partition coefficient (Wildman–Crippen LogP) is 2.92. The van der Waals surface area contributed by atoms with Gasteiger partial charge in [-0.15, -0.1) is 24.0 Å². The van der Waals surface area contributed by atoms with E-state index in [1.54, 1.807) is 14.2 Å². The molecule has 3 rings (SSSR count). The molecule has 154 valence electrons. The van der Waals surface area contributed by atoms with E-state index in [1.807, 2.05) is 42.2 Å². The maximum absolute atomic E-state index is 6.17. The number of aromatic nitrogens is 2. The van der Waals surface area contributed by atoms with Crippen molar-refractivity contribution in [3.8, 4) is 5.75 Å². The minimum atomic E-state index is 0. The number of halogens is 2. The lowest BCUT2D eigenvalue weighted by atomic mass is 10.2. The Morgan fingerprint density at radius 1 is 1.43 bits per heavy atom. The number of aliphatic imine (C=N–C) groups is 1. The van der Waals surface area contributed by atoms with Crippen molar-refractivity contribution in [2.24, 2.45) is 4.99 Å². The fourth-order valence-corrected chi connectivity index (χ4v) is 3.44. The van der Waals surface area contributed by atoms with Crippen LogP contribution in [0.15, 0.2) is 35.6 Å². The van der Waals surface area contributed by atoms with E-state index in [2.05, 4.69) is 25.6 Å². The van der Waals surface area contributed by atoms with Crippen LogP contribution in [0.25, 0.3) is 0 Å². The predicted molar refractivity (Wildman–Crippen MR) is 125 cm³/mol. The van der Waals surface area contributed by atoms with Crippen LogP contribution in [0.2, 0.25) is 5.02 Å². The van der Waals surface area contributed by atoms with Gasteiger partial charge in [0.15, 0.2) is 5.96 Å². The molecular formula is C19H28ClIN6O. The second-order valence-electron chi connectivity index (χ2n) is 6.67. The maximum Gasteiger partial charge on any atom is 0.191 e. The van der Waals surface area contributed by atoms with E-state index in [1.165, 1.54) is 5.56 Å². The molecule has 1 aliphatic rings. The van der Waals surface area contributed by atoms with Crippen LogP contribution in [-0.2, 0) is 6.54 Å². The number of anilines is 1. The number of hydrogen-bond acceptors (Lipinski definition) is 4. The highest BCUT2D eigenvalue weighted by atomic mass is 127. The molecule has 0 amide bonds. The molecule has 1 atom stereocenters. The zero-order chi connectivity index (χ0) is 19.2. The molecular weight excluding hydrogens is 491 g/mol. The molecule has 2 aromatic rings. The first-order chi connectivity index (χ1) is 13.1. The van der Waals surface area contributed by atoms with Gasteiger partial charge in [-0.1, -0.05) is 11.6 Å². The summed E-state index contributed by atoms with van der Waals surface area (Å²) < 4.78 is 7.41. The molecule has 0 radical (unpaired) electrons. The number of benzene rings is 1. The van der Waals surface area contributed by atoms with Gasteiger partial charge in [0.25, 0.3) is 0 Å². The largest absolute Gasteiger partial charge is 0.495 e. The van der Waals surface area contributed by atoms with Crippen molar-refractivity contribution in [3.63, 3.8) is 0 Å². The summed E-state index contributed by atoms with van der Waals surface area (Å²) in [4.78, 5) is 6.63. The average Bonchev–Trinajstić information content (AvgIpc) is 3.30. The van der Waals surface area contributed by atoms with E-state index in [0.29, 0.717) is 11.1 Å². The Labute approximate surface area is 188 Å². The lowest BCUT2D eigenvalue weighted by Crippen LogP contribution is -2.45. The van der Waals surface area contributed by atoms with E-state index in [-0.39, 0.29) is 24.0 Å². The number of hydrogen-bond donors (Lipinski definition) is 2. The third-order valence-electron chi connectivity index (χ3n) is 4.63. The molecule has 0 spiro atoms. The van der Waals surface area contributed by atoms with E-state index in [9.17, 15) is 0 Å². The van der Waals surface area contributed by atoms with Crippen LogP contribution in [0.5, 0.6) is 5.75 Å². The molecule has 0 bridgehead atoms. The van der Waals surface area contributed by atoms with Crippen LogP contribution >= 0.6 is 35.6 Å². The third kappa shape index (κ3) is 5.91. The molecule has 1 aliphatic heterocycles. The first-order valence-corrected chi connectivity index (χ1v) is 9.51. The quantitative estimate of drug-likeness (QED) is 0.350. The van der Waals surface area contributed by atoms with Crippen molar-refractivity contribution in [2.75, 3.05) is 38.7 Å². The van der Waals surface area contributed by atoms with E-state index >= 15 is 0 Å². The van der Waals surface area contributed by atoms with Crippen LogP contribution < -0.4 is 20.3 Å². The molecule has 0 aliphatic carbocycles. The first-order valence-electron chi connectivity index (χ1n) is 9.13. The Bertz CT molecular complexity index is 796. The molecule has 1 saturated heterocycles. The van der Waals surface area contributed by atoms with Gasteiger partial charge < -0.3 is 20.3 Å². The molecule has 1 aromatic carbocycles. The molecule has 1 unspecified atom stereocenters. The average molecular weight is 519 g/mol. The van der Waals surface area contributed by atoms with Gasteiger partial charge in [-0.3, -0.25) is 9.67 Å². The Morgan fingerprint density at radius 2 is 2.25 bits per heavy atom. The molecule has 1 fully saturated rings. The number of guanidine groups is 1. The highest BCUT2D eigenvalue weighted by Crippen LogP contribution is 2.33. The van der Waals surface area contributed by atoms with Gasteiger partial charge in [-0.05, 0) is 37.1 Å². The first kappa shape index (κ1) is 22.6. The highest BCUT2D eigenvalue weighted by molar-refractivity contribution is 14.0. The van der Waals surface area contributed by atoms with Gasteiger partial charge in [-0.2, -0.15) is 5.10 Å². The lowest BCUT2D eigenvalue weighted by Gasteiger charge is -2.22. The molecule has 2 N–H and O–H groups in total. The van der Waals surface area contributed by atoms with Gasteiger partial charge in [0.1, 0.15) is 5.75 Å². The molecule has 0 saturated carbocycles. The van der Waals surface area contributed by atoms with Gasteiger partial charge >= 0.3 is 0 Å². The maximum atomic E-state index is 6.17. The Hall–Kier alpha value is -1.68. The number of rotatable bonds is 6. The van der Waals surface area contributed by atoms with Crippen molar-refractivity contribution >= 4 is 47.2 Å². The summed E-state index contributed by atoms with van der Waals surface area (Å²) >= 11 is 6.17. The summed E-state index contributed by atoms with van der Waals surface area (Å²) in [7, 11) is 3.48. The Kier molecular flexibility index (Phi) is 8.68. The third-order valence-corrected chi connectivity index (χ3v) is 4.87. The monoisotopic (exact) mass is 518 g/mol. The number of methoxy groups -OCH3 is 1. The van der Waals surface area contributed by atoms with E-state index in [0.717, 1.165) is 50.0 Å². The molecule has 7 nitrogen and oxygen atoms in total. The van der Waals surface area contributed by atoms with Gasteiger partial charge in [0.05, 0.1) is 25.5 Å². The van der Waals surface area contributed by atoms with Crippen molar-refractivity contribution < 1.29 is 4.74 Å². The number of nitrogens with one attached hydrogen (secondary N) is 2. The van der Waals surface area contributed by atoms with Crippen LogP contribution in [-0.4, -0.2) is 55.6 Å². The van der Waals surface area contributed by atoms with Gasteiger partial charge in [0.2, 0.25) is 0 Å². The summed E-state index contributed by atoms with van der Waals surface area (Å²) in [6.07, 6.45) is 4.92. The summed E-state index contributed by atoms with van der Waals surface area (Å²) in [5.41, 5.74) is 2.20. The minimum Gasteiger partial charge on any atom is -0.495 e. The summed E-state index contributed by atoms with van der Waals surface area (Å²) in [5.74, 6) is 1.65. The Morgan fingerprint density at radius 3 is 2.93 bits per heavy atom. The topological polar surface area (TPSA) is 66.7 Å². The summed E-state index contributed by atoms with van der Waals surface area (Å²) in [6, 6.07) is 6.03. The van der Waals surface area contributed by atoms with Crippen molar-refractivity contribution in [1.29, 1.82) is 0 Å². The second-order valence-corrected chi connectivity index (χ2v) is 7.11. The Balaban J connectivity index is 0.00000280. The van der Waals surface area contributed by atoms with Crippen molar-refractivity contribution in [3.05, 3.63) is 41.2 Å². The van der Waals surface area contributed by atoms with Crippen molar-refractivity contribution in [1.82, 2.24) is 20.4 Å². The summed E-state index contributed by atoms with van der Waals surface area (Å²) in [5, 5.41) is 11.9. The second kappa shape index (κ2) is 10.8. The molecule has 2 heterocycles. The highest BCUT2D eigenvalue weighted by Gasteiger charge is 2.25. The zero-order valence-corrected chi connectivity index (χ0v) is 19.6. The van der Waals surface area contributed by atoms with Crippen LogP contribution in [0.4, 0.5) is 5.69 Å². The lowest BCUT2D eigenvalue weighted by molar-refractivity contribution is 0.415. The standard InChI is InChI=1S/C19H27ClN6O.HI/c1-14-11-23-26(12-14)9-7-22-19(21-2)24-16-6-8-25(13-16)17-10-15(20)4-5-18(17)27-3;/h4-5,10-12,16H,6-9,13H2,1-3H3,(H2,21,22,24);1H. The SMILES string of the molecule is CN=C(NCCn1cc(C)cn1)NC1CCN(c2cc(Cl)ccc2OC)C1.I. The van der Waals surface area contributed by atoms with E-state index < -0.39 is 0 Å². The van der Waals surface area contributed by atoms with Crippen LogP contribution in [0.1, 0.15) is 12.0 Å². The molecule has 1 aromatic heterocycles. The number of aryl methyl sites for hydroxylation is 1. The van der Waals surface area contributed by atoms with Gasteiger partial charge in [0, 0.05) is 43.9 Å². The molecule has 28 heavy (non-hydrogen) atoms. The normalized spacial score (nSPS) is 16.6. The van der Waals surface area contributed by atoms with Gasteiger partial charge in [-0.25, -0.2) is 0 Å². The fourth-order valence-electron chi connectivity index (χ4n) is 3.27. The van der Waals surface area contributed by atoms with Crippen molar-refractivity contribution in [2.45, 2.75) is 25.9 Å². The summed E-state index contributed by atoms with van der Waals surface area (Å²) in [6.45, 7) is 5.41.